The van der Waals surface area contributed by atoms with E-state index in [4.69, 9.17) is 4.74 Å². The Kier molecular flexibility index (Phi) is 10.4. The van der Waals surface area contributed by atoms with Crippen LogP contribution in [-0.2, 0) is 10.2 Å². The fourth-order valence-electron chi connectivity index (χ4n) is 1.94. The van der Waals surface area contributed by atoms with Crippen LogP contribution in [0.5, 0.6) is 0 Å². The minimum Gasteiger partial charge on any atom is -0.385 e. The van der Waals surface area contributed by atoms with E-state index in [0.717, 1.165) is 32.1 Å². The summed E-state index contributed by atoms with van der Waals surface area (Å²) in [6.45, 7) is 6.92. The lowest BCUT2D eigenvalue weighted by atomic mass is 9.85. The number of hydrogen-bond donors (Lipinski definition) is 2. The second kappa shape index (κ2) is 10.8. The van der Waals surface area contributed by atoms with E-state index < -0.39 is 0 Å². The molecule has 0 spiro atoms. The molecule has 0 aliphatic rings. The van der Waals surface area contributed by atoms with Gasteiger partial charge in [0.2, 0.25) is 0 Å². The van der Waals surface area contributed by atoms with Gasteiger partial charge < -0.3 is 15.4 Å². The van der Waals surface area contributed by atoms with E-state index in [1.54, 1.807) is 14.2 Å². The first-order valence-electron chi connectivity index (χ1n) is 7.09. The molecule has 0 aliphatic heterocycles. The quantitative estimate of drug-likeness (QED) is 0.318. The fourth-order valence-corrected chi connectivity index (χ4v) is 1.94. The highest BCUT2D eigenvalue weighted by Gasteiger charge is 2.20. The third-order valence-corrected chi connectivity index (χ3v) is 3.29. The lowest BCUT2D eigenvalue weighted by Gasteiger charge is -2.26. The summed E-state index contributed by atoms with van der Waals surface area (Å²) < 4.78 is 5.03. The van der Waals surface area contributed by atoms with Crippen molar-refractivity contribution in [2.75, 3.05) is 33.9 Å². The zero-order valence-electron chi connectivity index (χ0n) is 13.5. The van der Waals surface area contributed by atoms with Gasteiger partial charge in [-0.2, -0.15) is 0 Å². The predicted octanol–water partition coefficient (Wildman–Crippen LogP) is 2.78. The van der Waals surface area contributed by atoms with Crippen LogP contribution in [-0.4, -0.2) is 39.8 Å². The number of hydrogen-bond acceptors (Lipinski definition) is 2. The summed E-state index contributed by atoms with van der Waals surface area (Å²) in [7, 11) is 3.51. The molecular formula is C16H28IN3O. The number of nitrogens with zero attached hydrogens (tertiary/aromatic N) is 1. The maximum absolute atomic E-state index is 5.03. The van der Waals surface area contributed by atoms with E-state index in [1.807, 2.05) is 6.07 Å². The van der Waals surface area contributed by atoms with Crippen molar-refractivity contribution in [3.63, 3.8) is 0 Å². The fraction of sp³-hybridized carbons (Fsp3) is 0.562. The molecule has 0 heterocycles. The Morgan fingerprint density at radius 1 is 1.19 bits per heavy atom. The number of nitrogens with one attached hydrogen (secondary N) is 2. The Morgan fingerprint density at radius 3 is 2.43 bits per heavy atom. The molecule has 4 nitrogen and oxygen atoms in total. The molecule has 0 aromatic heterocycles. The zero-order chi connectivity index (χ0) is 14.8. The van der Waals surface area contributed by atoms with Crippen molar-refractivity contribution in [3.05, 3.63) is 35.9 Å². The Labute approximate surface area is 145 Å². The van der Waals surface area contributed by atoms with Crippen molar-refractivity contribution in [1.29, 1.82) is 0 Å². The number of ether oxygens (including phenoxy) is 1. The van der Waals surface area contributed by atoms with Crippen LogP contribution in [0.15, 0.2) is 35.3 Å². The van der Waals surface area contributed by atoms with Gasteiger partial charge in [-0.25, -0.2) is 0 Å². The summed E-state index contributed by atoms with van der Waals surface area (Å²) in [4.78, 5) is 4.24. The second-order valence-corrected chi connectivity index (χ2v) is 5.45. The van der Waals surface area contributed by atoms with E-state index in [0.29, 0.717) is 0 Å². The molecule has 0 saturated heterocycles. The van der Waals surface area contributed by atoms with E-state index in [-0.39, 0.29) is 29.4 Å². The standard InChI is InChI=1S/C16H27N3O.HI/c1-16(2,14-9-6-5-7-10-14)13-19-15(17-3)18-11-8-12-20-4;/h5-7,9-10H,8,11-13H2,1-4H3,(H2,17,18,19);1H. The van der Waals surface area contributed by atoms with Gasteiger partial charge in [0.25, 0.3) is 0 Å². The summed E-state index contributed by atoms with van der Waals surface area (Å²) in [5.41, 5.74) is 1.38. The molecule has 2 N–H and O–H groups in total. The number of rotatable bonds is 7. The summed E-state index contributed by atoms with van der Waals surface area (Å²) >= 11 is 0. The lowest BCUT2D eigenvalue weighted by Crippen LogP contribution is -2.43. The monoisotopic (exact) mass is 405 g/mol. The van der Waals surface area contributed by atoms with Crippen molar-refractivity contribution in [2.45, 2.75) is 25.7 Å². The Morgan fingerprint density at radius 2 is 1.86 bits per heavy atom. The summed E-state index contributed by atoms with van der Waals surface area (Å²) in [6.07, 6.45) is 0.972. The minimum atomic E-state index is 0. The van der Waals surface area contributed by atoms with Gasteiger partial charge in [-0.15, -0.1) is 24.0 Å². The number of methoxy groups -OCH3 is 1. The highest BCUT2D eigenvalue weighted by Crippen LogP contribution is 2.21. The van der Waals surface area contributed by atoms with Crippen molar-refractivity contribution in [2.24, 2.45) is 4.99 Å². The Bertz CT molecular complexity index is 407. The number of benzene rings is 1. The van der Waals surface area contributed by atoms with Gasteiger partial charge in [0.05, 0.1) is 0 Å². The van der Waals surface area contributed by atoms with Gasteiger partial charge in [-0.05, 0) is 12.0 Å². The van der Waals surface area contributed by atoms with E-state index in [2.05, 4.69) is 53.7 Å². The Balaban J connectivity index is 0.00000400. The highest BCUT2D eigenvalue weighted by molar-refractivity contribution is 14.0. The minimum absolute atomic E-state index is 0. The first-order chi connectivity index (χ1) is 9.60. The van der Waals surface area contributed by atoms with E-state index >= 15 is 0 Å². The molecule has 5 heteroatoms. The Hall–Kier alpha value is -0.820. The SMILES string of the molecule is CN=C(NCCCOC)NCC(C)(C)c1ccccc1.I. The van der Waals surface area contributed by atoms with Crippen LogP contribution in [0.4, 0.5) is 0 Å². The van der Waals surface area contributed by atoms with Crippen LogP contribution in [0.3, 0.4) is 0 Å². The molecular weight excluding hydrogens is 377 g/mol. The molecule has 0 amide bonds. The lowest BCUT2D eigenvalue weighted by molar-refractivity contribution is 0.195. The maximum atomic E-state index is 5.03. The number of guanidine groups is 1. The van der Waals surface area contributed by atoms with Crippen molar-refractivity contribution in [1.82, 2.24) is 10.6 Å². The van der Waals surface area contributed by atoms with Crippen molar-refractivity contribution >= 4 is 29.9 Å². The van der Waals surface area contributed by atoms with Crippen molar-refractivity contribution < 1.29 is 4.74 Å². The van der Waals surface area contributed by atoms with Gasteiger partial charge in [0.1, 0.15) is 0 Å². The topological polar surface area (TPSA) is 45.7 Å². The zero-order valence-corrected chi connectivity index (χ0v) is 15.8. The normalized spacial score (nSPS) is 11.7. The van der Waals surface area contributed by atoms with Crippen LogP contribution < -0.4 is 10.6 Å². The predicted molar refractivity (Wildman–Crippen MR) is 101 cm³/mol. The largest absolute Gasteiger partial charge is 0.385 e. The first-order valence-corrected chi connectivity index (χ1v) is 7.09. The molecule has 1 aromatic carbocycles. The smallest absolute Gasteiger partial charge is 0.191 e. The summed E-state index contributed by atoms with van der Waals surface area (Å²) in [6, 6.07) is 10.5. The second-order valence-electron chi connectivity index (χ2n) is 5.45. The molecule has 0 atom stereocenters. The molecule has 0 radical (unpaired) electrons. The van der Waals surface area contributed by atoms with Crippen LogP contribution >= 0.6 is 24.0 Å². The molecule has 1 aromatic rings. The first kappa shape index (κ1) is 20.2. The van der Waals surface area contributed by atoms with Gasteiger partial charge in [0, 0.05) is 39.3 Å². The molecule has 0 bridgehead atoms. The van der Waals surface area contributed by atoms with Gasteiger partial charge in [0.15, 0.2) is 5.96 Å². The van der Waals surface area contributed by atoms with Crippen molar-refractivity contribution in [3.8, 4) is 0 Å². The van der Waals surface area contributed by atoms with Gasteiger partial charge in [-0.1, -0.05) is 44.2 Å². The molecule has 0 fully saturated rings. The molecule has 0 aliphatic carbocycles. The van der Waals surface area contributed by atoms with Gasteiger partial charge >= 0.3 is 0 Å². The van der Waals surface area contributed by atoms with Gasteiger partial charge in [-0.3, -0.25) is 4.99 Å². The number of halogens is 1. The molecule has 120 valence electrons. The van der Waals surface area contributed by atoms with Crippen LogP contribution in [0, 0.1) is 0 Å². The third kappa shape index (κ3) is 7.66. The van der Waals surface area contributed by atoms with Crippen LogP contribution in [0.1, 0.15) is 25.8 Å². The van der Waals surface area contributed by atoms with E-state index in [1.165, 1.54) is 5.56 Å². The van der Waals surface area contributed by atoms with Crippen LogP contribution in [0.2, 0.25) is 0 Å². The van der Waals surface area contributed by atoms with Crippen LogP contribution in [0.25, 0.3) is 0 Å². The average molecular weight is 405 g/mol. The third-order valence-electron chi connectivity index (χ3n) is 3.29. The maximum Gasteiger partial charge on any atom is 0.191 e. The summed E-state index contributed by atoms with van der Waals surface area (Å²) in [5, 5.41) is 6.67. The summed E-state index contributed by atoms with van der Waals surface area (Å²) in [5.74, 6) is 0.838. The highest BCUT2D eigenvalue weighted by atomic mass is 127. The molecule has 0 saturated carbocycles. The molecule has 21 heavy (non-hydrogen) atoms. The molecule has 1 rings (SSSR count). The average Bonchev–Trinajstić information content (AvgIpc) is 2.47. The number of aliphatic imine (C=N–C) groups is 1. The molecule has 0 unspecified atom stereocenters. The van der Waals surface area contributed by atoms with E-state index in [9.17, 15) is 0 Å².